The van der Waals surface area contributed by atoms with Crippen molar-refractivity contribution >= 4 is 79.9 Å². The summed E-state index contributed by atoms with van der Waals surface area (Å²) >= 11 is 9.39. The number of rotatable bonds is 12. The van der Waals surface area contributed by atoms with Crippen LogP contribution in [0.2, 0.25) is 18.1 Å². The normalized spacial score (nSPS) is 34.4. The number of nitrogens with zero attached hydrogens (tertiary/aromatic N) is 8. The average molecular weight is 845 g/mol. The summed E-state index contributed by atoms with van der Waals surface area (Å²) in [6.45, 7) is 3.29. The number of nitrogens with two attached hydrogens (primary N) is 2. The highest BCUT2D eigenvalue weighted by molar-refractivity contribution is 8.44. The summed E-state index contributed by atoms with van der Waals surface area (Å²) in [5.41, 5.74) is 12.3. The average Bonchev–Trinajstić information content (AvgIpc) is 3.79. The van der Waals surface area contributed by atoms with Crippen LogP contribution in [0.4, 0.5) is 11.6 Å². The molecule has 3 unspecified atom stereocenters. The van der Waals surface area contributed by atoms with Crippen LogP contribution in [-0.4, -0.2) is 106 Å². The van der Waals surface area contributed by atoms with Crippen LogP contribution in [0.3, 0.4) is 0 Å². The van der Waals surface area contributed by atoms with Crippen molar-refractivity contribution in [2.75, 3.05) is 24.7 Å². The predicted octanol–water partition coefficient (Wildman–Crippen LogP) is 3.23. The van der Waals surface area contributed by atoms with Crippen molar-refractivity contribution in [3.8, 4) is 0 Å². The Balaban J connectivity index is 1.10. The zero-order valence-corrected chi connectivity index (χ0v) is 34.6. The number of fused-ring (bicyclic) bond motifs is 2. The largest absolute Gasteiger partial charge is 0.408 e. The van der Waals surface area contributed by atoms with Crippen molar-refractivity contribution in [1.29, 1.82) is 0 Å². The molecule has 11 atom stereocenters. The van der Waals surface area contributed by atoms with Gasteiger partial charge in [0.05, 0.1) is 37.4 Å². The van der Waals surface area contributed by atoms with Gasteiger partial charge in [0.1, 0.15) is 53.7 Å². The van der Waals surface area contributed by atoms with Gasteiger partial charge in [-0.15, -0.1) is 0 Å². The van der Waals surface area contributed by atoms with E-state index in [1.807, 2.05) is 20.0 Å². The van der Waals surface area contributed by atoms with Gasteiger partial charge < -0.3 is 44.4 Å². The molecule has 54 heavy (non-hydrogen) atoms. The van der Waals surface area contributed by atoms with Crippen LogP contribution in [0.1, 0.15) is 46.6 Å². The summed E-state index contributed by atoms with van der Waals surface area (Å²) in [5, 5.41) is -0.289. The molecular weight excluding hydrogens is 803 g/mol. The molecule has 7 heterocycles. The van der Waals surface area contributed by atoms with Gasteiger partial charge in [-0.2, -0.15) is 0 Å². The molecular formula is C29H42N10O10P2S2Si. The van der Waals surface area contributed by atoms with Gasteiger partial charge >= 0.3 is 13.5 Å². The molecule has 0 spiro atoms. The summed E-state index contributed by atoms with van der Waals surface area (Å²) < 4.78 is 59.7. The maximum absolute atomic E-state index is 12.2. The minimum Gasteiger partial charge on any atom is -0.408 e. The molecule has 294 valence electrons. The topological polar surface area (TPSA) is 261 Å². The first kappa shape index (κ1) is 38.7. The van der Waals surface area contributed by atoms with E-state index >= 15 is 0 Å². The number of anilines is 2. The number of nitrogen functional groups attached to an aromatic ring is 2. The second kappa shape index (κ2) is 12.9. The van der Waals surface area contributed by atoms with Gasteiger partial charge in [-0.3, -0.25) is 18.2 Å². The predicted molar refractivity (Wildman–Crippen MR) is 202 cm³/mol. The third-order valence-corrected chi connectivity index (χ3v) is 18.1. The smallest absolute Gasteiger partial charge is 0.383 e. The molecule has 4 aromatic rings. The maximum atomic E-state index is 12.2. The van der Waals surface area contributed by atoms with Crippen LogP contribution in [0.25, 0.3) is 22.3 Å². The first-order chi connectivity index (χ1) is 25.1. The second-order valence-electron chi connectivity index (χ2n) is 15.8. The SMILES string of the molecule is CC(C)(C)[Si](C)(C)OC1[C@@H](OP(O)(=S)OC[C@@]23C[C@]4(C)O[C@@H]([C@H](n5cnc6c(N)ncnc65)O2)[C@@H]34)[C@H](n2cnc3c(N)ncnc32)O[C@@H]1COP(=O)(O)S. The lowest BCUT2D eigenvalue weighted by atomic mass is 9.54. The molecule has 20 nitrogen and oxygen atoms in total. The molecule has 4 aromatic heterocycles. The van der Waals surface area contributed by atoms with Crippen LogP contribution in [0.15, 0.2) is 25.3 Å². The van der Waals surface area contributed by atoms with E-state index in [1.54, 1.807) is 15.5 Å². The number of hydrogen-bond acceptors (Lipinski definition) is 17. The van der Waals surface area contributed by atoms with Gasteiger partial charge in [0.2, 0.25) is 0 Å². The highest BCUT2D eigenvalue weighted by atomic mass is 32.7. The van der Waals surface area contributed by atoms with Crippen molar-refractivity contribution < 1.29 is 46.6 Å². The van der Waals surface area contributed by atoms with Gasteiger partial charge in [-0.05, 0) is 36.9 Å². The Labute approximate surface area is 320 Å². The molecule has 1 aliphatic carbocycles. The molecule has 3 aliphatic heterocycles. The van der Waals surface area contributed by atoms with Gasteiger partial charge in [-0.25, -0.2) is 34.5 Å². The lowest BCUT2D eigenvalue weighted by Crippen LogP contribution is -2.75. The van der Waals surface area contributed by atoms with E-state index in [-0.39, 0.29) is 35.3 Å². The quantitative estimate of drug-likeness (QED) is 0.0779. The van der Waals surface area contributed by atoms with Crippen molar-refractivity contribution in [3.05, 3.63) is 25.3 Å². The first-order valence-corrected chi connectivity index (χ1v) is 25.3. The maximum Gasteiger partial charge on any atom is 0.383 e. The van der Waals surface area contributed by atoms with Gasteiger partial charge in [0.15, 0.2) is 43.7 Å². The number of imidazole rings is 2. The van der Waals surface area contributed by atoms with E-state index in [1.165, 1.54) is 19.0 Å². The van der Waals surface area contributed by atoms with E-state index in [9.17, 15) is 14.4 Å². The van der Waals surface area contributed by atoms with E-state index in [0.717, 1.165) is 0 Å². The van der Waals surface area contributed by atoms with E-state index < -0.39 is 70.4 Å². The molecule has 0 radical (unpaired) electrons. The molecule has 4 fully saturated rings. The monoisotopic (exact) mass is 844 g/mol. The molecule has 3 saturated heterocycles. The minimum atomic E-state index is -4.25. The minimum absolute atomic E-state index is 0.0988. The number of aromatic nitrogens is 8. The molecule has 0 aromatic carbocycles. The van der Waals surface area contributed by atoms with Crippen molar-refractivity contribution in [3.63, 3.8) is 0 Å². The Morgan fingerprint density at radius 1 is 0.981 bits per heavy atom. The Kier molecular flexibility index (Phi) is 9.23. The zero-order chi connectivity index (χ0) is 38.8. The summed E-state index contributed by atoms with van der Waals surface area (Å²) in [7, 11) is -2.64. The van der Waals surface area contributed by atoms with Crippen LogP contribution in [-0.2, 0) is 48.6 Å². The molecule has 8 rings (SSSR count). The van der Waals surface area contributed by atoms with Crippen LogP contribution >= 0.6 is 25.8 Å². The van der Waals surface area contributed by atoms with Gasteiger partial charge in [0.25, 0.3) is 0 Å². The van der Waals surface area contributed by atoms with Crippen molar-refractivity contribution in [2.45, 2.75) is 100 Å². The first-order valence-electron chi connectivity index (χ1n) is 17.0. The second-order valence-corrected chi connectivity index (χ2v) is 26.1. The molecule has 0 amide bonds. The third kappa shape index (κ3) is 6.43. The molecule has 0 bridgehead atoms. The summed E-state index contributed by atoms with van der Waals surface area (Å²) in [6.07, 6.45) is 0.900. The molecule has 1 saturated carbocycles. The Morgan fingerprint density at radius 3 is 2.13 bits per heavy atom. The van der Waals surface area contributed by atoms with Crippen molar-refractivity contribution in [1.82, 2.24) is 39.0 Å². The summed E-state index contributed by atoms with van der Waals surface area (Å²) in [6, 6.07) is 0. The lowest BCUT2D eigenvalue weighted by molar-refractivity contribution is -0.334. The summed E-state index contributed by atoms with van der Waals surface area (Å²) in [4.78, 5) is 47.4. The van der Waals surface area contributed by atoms with Crippen molar-refractivity contribution in [2.24, 2.45) is 5.92 Å². The Bertz CT molecular complexity index is 2220. The lowest BCUT2D eigenvalue weighted by Gasteiger charge is -2.64. The Morgan fingerprint density at radius 2 is 1.57 bits per heavy atom. The third-order valence-electron chi connectivity index (χ3n) is 11.2. The number of ether oxygens (including phenoxy) is 3. The molecule has 25 heteroatoms. The molecule has 4 aliphatic rings. The summed E-state index contributed by atoms with van der Waals surface area (Å²) in [5.74, 6) is 0.275. The standard InChI is InChI=1S/C29H42N10O10P2S2Si/c1-27(2,3)54(5,6)49-17-14(7-43-50(40,41)52)45-25(38-12-36-15-21(30)32-10-34-23(15)38)18(17)48-51(42,53)44-9-29-8-28(4)20(29)19(46-28)26(47-29)39-13-37-16-22(31)33-11-35-24(16)39/h10-14,17-20,25-26H,7-9H2,1-6H3,(H,42,53)(H2,30,32,34)(H2,31,33,35)(H2,40,41,52)/t14-,17?,18-,19-,20-,25-,26-,28+,29-,51?/m1/s1. The highest BCUT2D eigenvalue weighted by Gasteiger charge is 2.80. The Hall–Kier alpha value is -2.21. The van der Waals surface area contributed by atoms with E-state index in [0.29, 0.717) is 28.7 Å². The number of thiol groups is 1. The fourth-order valence-electron chi connectivity index (χ4n) is 7.84. The van der Waals surface area contributed by atoms with E-state index in [4.69, 9.17) is 55.5 Å². The van der Waals surface area contributed by atoms with Crippen LogP contribution < -0.4 is 11.5 Å². The zero-order valence-electron chi connectivity index (χ0n) is 30.1. The fourth-order valence-corrected chi connectivity index (χ4v) is 11.1. The van der Waals surface area contributed by atoms with Gasteiger partial charge in [0, 0.05) is 6.42 Å². The van der Waals surface area contributed by atoms with Crippen LogP contribution in [0, 0.1) is 5.92 Å². The fraction of sp³-hybridized carbons (Fsp3) is 0.655. The molecule has 6 N–H and O–H groups in total. The van der Waals surface area contributed by atoms with E-state index in [2.05, 4.69) is 62.9 Å². The number of hydrogen-bond donors (Lipinski definition) is 5. The van der Waals surface area contributed by atoms with Gasteiger partial charge in [-0.1, -0.05) is 33.0 Å². The highest BCUT2D eigenvalue weighted by Crippen LogP contribution is 2.70. The van der Waals surface area contributed by atoms with Crippen LogP contribution in [0.5, 0.6) is 0 Å².